The van der Waals surface area contributed by atoms with Gasteiger partial charge in [-0.25, -0.2) is 0 Å². The molecule has 2 aromatic carbocycles. The van der Waals surface area contributed by atoms with Crippen molar-refractivity contribution < 1.29 is 4.79 Å². The van der Waals surface area contributed by atoms with E-state index in [0.29, 0.717) is 5.92 Å². The van der Waals surface area contributed by atoms with Gasteiger partial charge >= 0.3 is 0 Å². The van der Waals surface area contributed by atoms with Crippen molar-refractivity contribution in [1.82, 2.24) is 5.32 Å². The SMILES string of the molecule is CC(=O)c1cccc(/C=C2\NCC3CC23c2cc3c(cc2C)C(C)(C)CCC3(C)C)c1. The molecule has 2 unspecified atom stereocenters. The number of aryl methyl sites for hydroxylation is 1. The molecule has 1 aliphatic heterocycles. The molecule has 0 aromatic heterocycles. The molecule has 1 saturated carbocycles. The minimum absolute atomic E-state index is 0.114. The zero-order valence-corrected chi connectivity index (χ0v) is 19.9. The van der Waals surface area contributed by atoms with Gasteiger partial charge in [-0.05, 0) is 89.8 Å². The highest BCUT2D eigenvalue weighted by atomic mass is 16.1. The van der Waals surface area contributed by atoms with E-state index in [9.17, 15) is 4.79 Å². The van der Waals surface area contributed by atoms with E-state index < -0.39 is 0 Å². The van der Waals surface area contributed by atoms with E-state index >= 15 is 0 Å². The first-order chi connectivity index (χ1) is 14.5. The van der Waals surface area contributed by atoms with Crippen molar-refractivity contribution in [3.05, 3.63) is 75.5 Å². The highest BCUT2D eigenvalue weighted by Crippen LogP contribution is 2.63. The van der Waals surface area contributed by atoms with Gasteiger partial charge in [0.1, 0.15) is 0 Å². The maximum absolute atomic E-state index is 11.9. The molecule has 2 atom stereocenters. The summed E-state index contributed by atoms with van der Waals surface area (Å²) in [4.78, 5) is 11.9. The van der Waals surface area contributed by atoms with Crippen LogP contribution in [0.2, 0.25) is 0 Å². The summed E-state index contributed by atoms with van der Waals surface area (Å²) in [5, 5.41) is 3.71. The molecule has 2 fully saturated rings. The number of fused-ring (bicyclic) bond motifs is 2. The van der Waals surface area contributed by atoms with Crippen LogP contribution >= 0.6 is 0 Å². The molecular formula is C29H35NO. The maximum Gasteiger partial charge on any atom is 0.159 e. The summed E-state index contributed by atoms with van der Waals surface area (Å²) < 4.78 is 0. The molecule has 31 heavy (non-hydrogen) atoms. The van der Waals surface area contributed by atoms with Crippen LogP contribution < -0.4 is 5.32 Å². The molecule has 2 aliphatic carbocycles. The monoisotopic (exact) mass is 413 g/mol. The lowest BCUT2D eigenvalue weighted by atomic mass is 9.62. The van der Waals surface area contributed by atoms with Crippen molar-refractivity contribution >= 4 is 11.9 Å². The standard InChI is InChI=1S/C29H35NO/c1-18-12-24-25(28(5,6)11-10-27(24,3)4)15-23(18)29-16-22(29)17-30-26(29)14-20-8-7-9-21(13-20)19(2)31/h7-9,12-15,22,30H,10-11,16-17H2,1-6H3/b26-14-. The minimum atomic E-state index is 0.114. The molecule has 0 bridgehead atoms. The Labute approximate surface area is 187 Å². The second-order valence-corrected chi connectivity index (χ2v) is 11.5. The Kier molecular flexibility index (Phi) is 4.36. The fourth-order valence-electron chi connectivity index (χ4n) is 6.17. The first kappa shape index (κ1) is 20.5. The van der Waals surface area contributed by atoms with Crippen LogP contribution in [0.25, 0.3) is 6.08 Å². The predicted octanol–water partition coefficient (Wildman–Crippen LogP) is 6.45. The van der Waals surface area contributed by atoms with Gasteiger partial charge in [0, 0.05) is 23.2 Å². The lowest BCUT2D eigenvalue weighted by molar-refractivity contribution is 0.101. The number of nitrogens with one attached hydrogen (secondary N) is 1. The lowest BCUT2D eigenvalue weighted by Gasteiger charge is -2.43. The Morgan fingerprint density at radius 3 is 2.32 bits per heavy atom. The summed E-state index contributed by atoms with van der Waals surface area (Å²) in [7, 11) is 0. The number of ketones is 1. The molecule has 1 N–H and O–H groups in total. The Morgan fingerprint density at radius 1 is 1.00 bits per heavy atom. The van der Waals surface area contributed by atoms with Gasteiger partial charge in [0.15, 0.2) is 5.78 Å². The van der Waals surface area contributed by atoms with Crippen LogP contribution in [-0.2, 0) is 16.2 Å². The minimum Gasteiger partial charge on any atom is -0.387 e. The zero-order chi connectivity index (χ0) is 22.2. The van der Waals surface area contributed by atoms with E-state index in [-0.39, 0.29) is 22.0 Å². The molecule has 2 heteroatoms. The highest BCUT2D eigenvalue weighted by Gasteiger charge is 2.62. The number of carbonyl (C=O) groups excluding carboxylic acids is 1. The van der Waals surface area contributed by atoms with Crippen LogP contribution in [0.1, 0.15) is 92.1 Å². The van der Waals surface area contributed by atoms with E-state index in [1.54, 1.807) is 18.1 Å². The fraction of sp³-hybridized carbons (Fsp3) is 0.483. The number of Topliss-reactive ketones (excluding diaryl/α,β-unsaturated/α-hetero) is 1. The Balaban J connectivity index is 1.62. The van der Waals surface area contributed by atoms with Crippen LogP contribution in [0.15, 0.2) is 42.1 Å². The number of allylic oxidation sites excluding steroid dienone is 1. The second kappa shape index (κ2) is 6.58. The molecular weight excluding hydrogens is 378 g/mol. The third-order valence-electron chi connectivity index (χ3n) is 8.41. The van der Waals surface area contributed by atoms with E-state index in [1.807, 2.05) is 18.2 Å². The van der Waals surface area contributed by atoms with Crippen LogP contribution in [-0.4, -0.2) is 12.3 Å². The Hall–Kier alpha value is -2.35. The second-order valence-electron chi connectivity index (χ2n) is 11.5. The van der Waals surface area contributed by atoms with Gasteiger partial charge in [-0.2, -0.15) is 0 Å². The molecule has 1 heterocycles. The van der Waals surface area contributed by atoms with Gasteiger partial charge in [-0.3, -0.25) is 4.79 Å². The van der Waals surface area contributed by atoms with Gasteiger partial charge in [0.2, 0.25) is 0 Å². The summed E-state index contributed by atoms with van der Waals surface area (Å²) in [6.45, 7) is 14.6. The van der Waals surface area contributed by atoms with Crippen molar-refractivity contribution in [2.24, 2.45) is 5.92 Å². The van der Waals surface area contributed by atoms with E-state index in [2.05, 4.69) is 64.2 Å². The van der Waals surface area contributed by atoms with Crippen molar-refractivity contribution in [2.75, 3.05) is 6.54 Å². The third kappa shape index (κ3) is 3.10. The number of rotatable bonds is 3. The number of hydrogen-bond acceptors (Lipinski definition) is 2. The largest absolute Gasteiger partial charge is 0.387 e. The molecule has 2 nitrogen and oxygen atoms in total. The summed E-state index contributed by atoms with van der Waals surface area (Å²) >= 11 is 0. The summed E-state index contributed by atoms with van der Waals surface area (Å²) in [5.74, 6) is 0.792. The molecule has 3 aliphatic rings. The zero-order valence-electron chi connectivity index (χ0n) is 19.9. The lowest BCUT2D eigenvalue weighted by Crippen LogP contribution is -2.34. The molecule has 2 aromatic rings. The van der Waals surface area contributed by atoms with Crippen molar-refractivity contribution in [2.45, 2.75) is 77.0 Å². The third-order valence-corrected chi connectivity index (χ3v) is 8.41. The van der Waals surface area contributed by atoms with Crippen LogP contribution in [0, 0.1) is 12.8 Å². The molecule has 5 rings (SSSR count). The van der Waals surface area contributed by atoms with Crippen LogP contribution in [0.5, 0.6) is 0 Å². The predicted molar refractivity (Wildman–Crippen MR) is 129 cm³/mol. The smallest absolute Gasteiger partial charge is 0.159 e. The maximum atomic E-state index is 11.9. The van der Waals surface area contributed by atoms with Crippen LogP contribution in [0.3, 0.4) is 0 Å². The van der Waals surface area contributed by atoms with Crippen LogP contribution in [0.4, 0.5) is 0 Å². The fourth-order valence-corrected chi connectivity index (χ4v) is 6.17. The normalized spacial score (nSPS) is 28.6. The summed E-state index contributed by atoms with van der Waals surface area (Å²) in [6.07, 6.45) is 6.00. The van der Waals surface area contributed by atoms with E-state index in [1.165, 1.54) is 36.1 Å². The van der Waals surface area contributed by atoms with Gasteiger partial charge < -0.3 is 5.32 Å². The Morgan fingerprint density at radius 2 is 1.68 bits per heavy atom. The highest BCUT2D eigenvalue weighted by molar-refractivity contribution is 5.94. The first-order valence-corrected chi connectivity index (χ1v) is 11.8. The van der Waals surface area contributed by atoms with Crippen molar-refractivity contribution in [3.8, 4) is 0 Å². The first-order valence-electron chi connectivity index (χ1n) is 11.8. The molecule has 0 spiro atoms. The number of piperidine rings is 1. The van der Waals surface area contributed by atoms with Crippen molar-refractivity contribution in [3.63, 3.8) is 0 Å². The average Bonchev–Trinajstić information content (AvgIpc) is 3.34. The number of hydrogen-bond donors (Lipinski definition) is 1. The van der Waals surface area contributed by atoms with Gasteiger partial charge in [0.05, 0.1) is 0 Å². The van der Waals surface area contributed by atoms with Gasteiger partial charge in [-0.15, -0.1) is 0 Å². The van der Waals surface area contributed by atoms with Crippen molar-refractivity contribution in [1.29, 1.82) is 0 Å². The summed E-state index contributed by atoms with van der Waals surface area (Å²) in [5.41, 5.74) is 9.84. The topological polar surface area (TPSA) is 29.1 Å². The van der Waals surface area contributed by atoms with Gasteiger partial charge in [0.25, 0.3) is 0 Å². The van der Waals surface area contributed by atoms with E-state index in [4.69, 9.17) is 0 Å². The average molecular weight is 414 g/mol. The number of carbonyl (C=O) groups is 1. The quantitative estimate of drug-likeness (QED) is 0.586. The number of benzene rings is 2. The molecule has 0 radical (unpaired) electrons. The van der Waals surface area contributed by atoms with E-state index in [0.717, 1.165) is 17.7 Å². The molecule has 0 amide bonds. The molecule has 1 saturated heterocycles. The van der Waals surface area contributed by atoms with Gasteiger partial charge in [-0.1, -0.05) is 58.0 Å². The Bertz CT molecular complexity index is 1120. The summed E-state index contributed by atoms with van der Waals surface area (Å²) in [6, 6.07) is 13.1. The molecule has 162 valence electrons.